The Balaban J connectivity index is 1.95. The molecular formula is C16H13N3O. The van der Waals surface area contributed by atoms with E-state index in [1.165, 1.54) is 11.1 Å². The fourth-order valence-electron chi connectivity index (χ4n) is 2.72. The minimum absolute atomic E-state index is 0.794. The van der Waals surface area contributed by atoms with E-state index in [0.717, 1.165) is 28.8 Å². The van der Waals surface area contributed by atoms with Gasteiger partial charge in [0.15, 0.2) is 0 Å². The van der Waals surface area contributed by atoms with Crippen LogP contribution < -0.4 is 4.90 Å². The van der Waals surface area contributed by atoms with E-state index in [4.69, 9.17) is 4.63 Å². The molecule has 0 saturated carbocycles. The van der Waals surface area contributed by atoms with Crippen molar-refractivity contribution in [3.8, 4) is 0 Å². The molecule has 0 saturated heterocycles. The lowest BCUT2D eigenvalue weighted by molar-refractivity contribution is 0.315. The highest BCUT2D eigenvalue weighted by Gasteiger charge is 2.19. The third-order valence-corrected chi connectivity index (χ3v) is 3.73. The number of rotatable bonds is 1. The van der Waals surface area contributed by atoms with E-state index in [9.17, 15) is 0 Å². The smallest absolute Gasteiger partial charge is 0.144 e. The molecule has 0 atom stereocenters. The molecule has 98 valence electrons. The standard InChI is InChI=1S/C16H13N3O/c1-19-10-12(11-5-3-2-4-6-11)9-13-15(19)8-7-14-16(13)18-20-17-14/h2-9H,10H2,1H3. The predicted octanol–water partition coefficient (Wildman–Crippen LogP) is 3.21. The molecule has 0 fully saturated rings. The molecule has 0 amide bonds. The highest BCUT2D eigenvalue weighted by Crippen LogP contribution is 2.35. The number of fused-ring (bicyclic) bond motifs is 3. The SMILES string of the molecule is CN1CC(c2ccccc2)=Cc2c1ccc1nonc21. The van der Waals surface area contributed by atoms with E-state index in [2.05, 4.69) is 58.7 Å². The lowest BCUT2D eigenvalue weighted by atomic mass is 9.96. The van der Waals surface area contributed by atoms with Crippen LogP contribution in [0, 0.1) is 0 Å². The Morgan fingerprint density at radius 1 is 1.05 bits per heavy atom. The molecule has 0 spiro atoms. The minimum Gasteiger partial charge on any atom is -0.370 e. The summed E-state index contributed by atoms with van der Waals surface area (Å²) in [4.78, 5) is 2.23. The van der Waals surface area contributed by atoms with Crippen molar-refractivity contribution in [1.29, 1.82) is 0 Å². The number of anilines is 1. The number of nitrogens with zero attached hydrogens (tertiary/aromatic N) is 3. The molecule has 20 heavy (non-hydrogen) atoms. The van der Waals surface area contributed by atoms with Crippen LogP contribution in [0.5, 0.6) is 0 Å². The maximum Gasteiger partial charge on any atom is 0.144 e. The second kappa shape index (κ2) is 4.20. The monoisotopic (exact) mass is 263 g/mol. The molecule has 4 rings (SSSR count). The summed E-state index contributed by atoms with van der Waals surface area (Å²) in [5.41, 5.74) is 6.36. The van der Waals surface area contributed by atoms with Crippen molar-refractivity contribution in [1.82, 2.24) is 10.3 Å². The van der Waals surface area contributed by atoms with Gasteiger partial charge in [0, 0.05) is 24.8 Å². The first-order valence-electron chi connectivity index (χ1n) is 6.55. The van der Waals surface area contributed by atoms with Crippen molar-refractivity contribution in [2.24, 2.45) is 0 Å². The highest BCUT2D eigenvalue weighted by atomic mass is 16.6. The lowest BCUT2D eigenvalue weighted by Crippen LogP contribution is -2.23. The van der Waals surface area contributed by atoms with Crippen LogP contribution in [0.4, 0.5) is 5.69 Å². The van der Waals surface area contributed by atoms with Gasteiger partial charge in [-0.1, -0.05) is 30.3 Å². The first-order valence-corrected chi connectivity index (χ1v) is 6.55. The summed E-state index contributed by atoms with van der Waals surface area (Å²) in [6, 6.07) is 14.4. The lowest BCUT2D eigenvalue weighted by Gasteiger charge is -2.27. The molecule has 0 N–H and O–H groups in total. The van der Waals surface area contributed by atoms with Gasteiger partial charge in [0.25, 0.3) is 0 Å². The first kappa shape index (κ1) is 11.2. The molecule has 1 aliphatic heterocycles. The van der Waals surface area contributed by atoms with Crippen LogP contribution in [0.25, 0.3) is 22.7 Å². The van der Waals surface area contributed by atoms with Gasteiger partial charge in [-0.25, -0.2) is 4.63 Å². The molecule has 1 aromatic heterocycles. The van der Waals surface area contributed by atoms with Gasteiger partial charge in [-0.15, -0.1) is 0 Å². The quantitative estimate of drug-likeness (QED) is 0.676. The van der Waals surface area contributed by atoms with Gasteiger partial charge < -0.3 is 4.90 Å². The third-order valence-electron chi connectivity index (χ3n) is 3.73. The molecule has 2 aromatic carbocycles. The van der Waals surface area contributed by atoms with Crippen molar-refractivity contribution in [3.05, 3.63) is 53.6 Å². The second-order valence-corrected chi connectivity index (χ2v) is 5.02. The topological polar surface area (TPSA) is 42.2 Å². The Bertz CT molecular complexity index is 805. The molecule has 0 radical (unpaired) electrons. The number of aromatic nitrogens is 2. The first-order chi connectivity index (χ1) is 9.83. The third kappa shape index (κ3) is 1.61. The van der Waals surface area contributed by atoms with Crippen LogP contribution in [-0.2, 0) is 0 Å². The summed E-state index contributed by atoms with van der Waals surface area (Å²) in [5.74, 6) is 0. The van der Waals surface area contributed by atoms with Crippen molar-refractivity contribution >= 4 is 28.4 Å². The van der Waals surface area contributed by atoms with Gasteiger partial charge in [-0.2, -0.15) is 0 Å². The molecule has 4 nitrogen and oxygen atoms in total. The molecule has 0 bridgehead atoms. The number of hydrogen-bond donors (Lipinski definition) is 0. The Morgan fingerprint density at radius 3 is 2.75 bits per heavy atom. The minimum atomic E-state index is 0.794. The Hall–Kier alpha value is -2.62. The second-order valence-electron chi connectivity index (χ2n) is 5.02. The zero-order valence-electron chi connectivity index (χ0n) is 11.1. The average Bonchev–Trinajstić information content (AvgIpc) is 2.97. The van der Waals surface area contributed by atoms with Crippen LogP contribution in [0.2, 0.25) is 0 Å². The summed E-state index contributed by atoms with van der Waals surface area (Å²) in [7, 11) is 2.09. The summed E-state index contributed by atoms with van der Waals surface area (Å²) in [6.07, 6.45) is 2.19. The molecule has 0 aliphatic carbocycles. The fourth-order valence-corrected chi connectivity index (χ4v) is 2.72. The average molecular weight is 263 g/mol. The summed E-state index contributed by atoms with van der Waals surface area (Å²) < 4.78 is 4.86. The number of likely N-dealkylation sites (N-methyl/N-ethyl adjacent to an activating group) is 1. The van der Waals surface area contributed by atoms with Gasteiger partial charge in [0.1, 0.15) is 11.0 Å². The van der Waals surface area contributed by atoms with E-state index in [-0.39, 0.29) is 0 Å². The summed E-state index contributed by atoms with van der Waals surface area (Å²) >= 11 is 0. The van der Waals surface area contributed by atoms with Crippen LogP contribution in [0.15, 0.2) is 47.1 Å². The van der Waals surface area contributed by atoms with Gasteiger partial charge in [0.2, 0.25) is 0 Å². The van der Waals surface area contributed by atoms with Crippen molar-refractivity contribution in [2.45, 2.75) is 0 Å². The number of benzene rings is 2. The van der Waals surface area contributed by atoms with Gasteiger partial charge in [-0.05, 0) is 39.7 Å². The van der Waals surface area contributed by atoms with E-state index < -0.39 is 0 Å². The van der Waals surface area contributed by atoms with Crippen LogP contribution in [0.3, 0.4) is 0 Å². The van der Waals surface area contributed by atoms with E-state index in [0.29, 0.717) is 0 Å². The summed E-state index contributed by atoms with van der Waals surface area (Å²) in [5, 5.41) is 7.95. The normalized spacial score (nSPS) is 14.2. The van der Waals surface area contributed by atoms with Gasteiger partial charge in [0.05, 0.1) is 0 Å². The van der Waals surface area contributed by atoms with Gasteiger partial charge >= 0.3 is 0 Å². The van der Waals surface area contributed by atoms with Crippen LogP contribution in [0.1, 0.15) is 11.1 Å². The van der Waals surface area contributed by atoms with Crippen molar-refractivity contribution in [3.63, 3.8) is 0 Å². The van der Waals surface area contributed by atoms with E-state index in [1.807, 2.05) is 12.1 Å². The Kier molecular flexibility index (Phi) is 2.36. The number of hydrogen-bond acceptors (Lipinski definition) is 4. The van der Waals surface area contributed by atoms with Crippen molar-refractivity contribution < 1.29 is 4.63 Å². The zero-order valence-corrected chi connectivity index (χ0v) is 11.1. The molecule has 2 heterocycles. The highest BCUT2D eigenvalue weighted by molar-refractivity contribution is 6.00. The van der Waals surface area contributed by atoms with Crippen LogP contribution in [-0.4, -0.2) is 23.9 Å². The summed E-state index contributed by atoms with van der Waals surface area (Å²) in [6.45, 7) is 0.883. The Labute approximate surface area is 116 Å². The molecule has 3 aromatic rings. The largest absolute Gasteiger partial charge is 0.370 e. The van der Waals surface area contributed by atoms with E-state index in [1.54, 1.807) is 0 Å². The maximum atomic E-state index is 4.86. The molecule has 4 heteroatoms. The molecule has 0 unspecified atom stereocenters. The predicted molar refractivity (Wildman–Crippen MR) is 79.4 cm³/mol. The fraction of sp³-hybridized carbons (Fsp3) is 0.125. The van der Waals surface area contributed by atoms with Crippen LogP contribution >= 0.6 is 0 Å². The maximum absolute atomic E-state index is 4.86. The molecule has 1 aliphatic rings. The Morgan fingerprint density at radius 2 is 1.90 bits per heavy atom. The van der Waals surface area contributed by atoms with Crippen molar-refractivity contribution in [2.75, 3.05) is 18.5 Å². The van der Waals surface area contributed by atoms with Gasteiger partial charge in [-0.3, -0.25) is 0 Å². The van der Waals surface area contributed by atoms with E-state index >= 15 is 0 Å². The molecular weight excluding hydrogens is 250 g/mol. The zero-order chi connectivity index (χ0) is 13.5.